The van der Waals surface area contributed by atoms with Gasteiger partial charge in [-0.05, 0) is 42.2 Å². The highest BCUT2D eigenvalue weighted by Crippen LogP contribution is 2.43. The van der Waals surface area contributed by atoms with Gasteiger partial charge in [-0.15, -0.1) is 0 Å². The van der Waals surface area contributed by atoms with E-state index in [1.54, 1.807) is 6.07 Å². The molecule has 0 saturated heterocycles. The molecule has 4 rings (SSSR count). The van der Waals surface area contributed by atoms with E-state index in [1.165, 1.54) is 0 Å². The summed E-state index contributed by atoms with van der Waals surface area (Å²) in [7, 11) is 0. The minimum Gasteiger partial charge on any atom is -0.494 e. The molecule has 0 amide bonds. The molecule has 1 atom stereocenters. The quantitative estimate of drug-likeness (QED) is 0.668. The van der Waals surface area contributed by atoms with Crippen LogP contribution in [0.2, 0.25) is 0 Å². The maximum atomic E-state index is 13.0. The number of H-pyrrole nitrogens is 1. The Morgan fingerprint density at radius 3 is 2.63 bits per heavy atom. The van der Waals surface area contributed by atoms with Crippen molar-refractivity contribution in [2.24, 2.45) is 11.7 Å². The summed E-state index contributed by atoms with van der Waals surface area (Å²) < 4.78 is 11.6. The maximum Gasteiger partial charge on any atom is 0.256 e. The van der Waals surface area contributed by atoms with Crippen molar-refractivity contribution in [2.45, 2.75) is 26.2 Å². The summed E-state index contributed by atoms with van der Waals surface area (Å²) in [5, 5.41) is 10.5. The average molecular weight is 401 g/mol. The van der Waals surface area contributed by atoms with Gasteiger partial charge in [0.05, 0.1) is 23.6 Å². The van der Waals surface area contributed by atoms with Crippen LogP contribution in [0.25, 0.3) is 10.9 Å². The van der Waals surface area contributed by atoms with E-state index in [4.69, 9.17) is 15.2 Å². The zero-order chi connectivity index (χ0) is 21.3. The Kier molecular flexibility index (Phi) is 5.20. The number of nitrogens with zero attached hydrogens (tertiary/aromatic N) is 1. The number of nitrogens with one attached hydrogen (secondary N) is 1. The van der Waals surface area contributed by atoms with Crippen LogP contribution in [-0.4, -0.2) is 11.6 Å². The minimum absolute atomic E-state index is 0.0167. The smallest absolute Gasteiger partial charge is 0.256 e. The number of aromatic amines is 1. The highest BCUT2D eigenvalue weighted by atomic mass is 16.5. The van der Waals surface area contributed by atoms with Crippen LogP contribution in [0.15, 0.2) is 64.8 Å². The molecular weight excluding hydrogens is 378 g/mol. The molecule has 6 nitrogen and oxygen atoms in total. The third-order valence-electron chi connectivity index (χ3n) is 5.26. The average Bonchev–Trinajstić information content (AvgIpc) is 2.73. The van der Waals surface area contributed by atoms with Crippen LogP contribution >= 0.6 is 0 Å². The second-order valence-electron chi connectivity index (χ2n) is 7.77. The number of pyridine rings is 1. The van der Waals surface area contributed by atoms with Gasteiger partial charge in [0.25, 0.3) is 5.56 Å². The van der Waals surface area contributed by atoms with Crippen molar-refractivity contribution in [3.05, 3.63) is 81.5 Å². The largest absolute Gasteiger partial charge is 0.494 e. The number of nitriles is 1. The molecule has 0 aliphatic carbocycles. The van der Waals surface area contributed by atoms with Crippen molar-refractivity contribution < 1.29 is 9.47 Å². The lowest BCUT2D eigenvalue weighted by Gasteiger charge is -2.26. The van der Waals surface area contributed by atoms with Crippen LogP contribution in [0, 0.1) is 17.2 Å². The first-order chi connectivity index (χ1) is 14.5. The van der Waals surface area contributed by atoms with Gasteiger partial charge in [0, 0.05) is 5.39 Å². The molecule has 30 heavy (non-hydrogen) atoms. The molecule has 0 spiro atoms. The Hall–Kier alpha value is -3.72. The number of hydrogen-bond donors (Lipinski definition) is 2. The Morgan fingerprint density at radius 2 is 1.93 bits per heavy atom. The Bertz CT molecular complexity index is 1220. The van der Waals surface area contributed by atoms with Gasteiger partial charge in [0.15, 0.2) is 0 Å². The number of allylic oxidation sites excluding steroid dienone is 1. The van der Waals surface area contributed by atoms with Gasteiger partial charge >= 0.3 is 0 Å². The Labute approximate surface area is 174 Å². The van der Waals surface area contributed by atoms with Gasteiger partial charge in [0.2, 0.25) is 5.88 Å². The molecule has 0 unspecified atom stereocenters. The van der Waals surface area contributed by atoms with Crippen LogP contribution in [0.3, 0.4) is 0 Å². The summed E-state index contributed by atoms with van der Waals surface area (Å²) >= 11 is 0. The highest BCUT2D eigenvalue weighted by Gasteiger charge is 2.34. The van der Waals surface area contributed by atoms with Crippen molar-refractivity contribution >= 4 is 10.9 Å². The maximum absolute atomic E-state index is 13.0. The standard InChI is InChI=1S/C24H23N3O3/c1-14(2)11-12-29-16-9-7-15(8-10-16)20-18(13-25)23(26)30-22-17-5-3-4-6-19(17)27-24(28)21(20)22/h3-10,14,20H,11-12,26H2,1-2H3,(H,27,28)/t20-/m1/s1. The highest BCUT2D eigenvalue weighted by molar-refractivity contribution is 5.87. The topological polar surface area (TPSA) is 101 Å². The molecular formula is C24H23N3O3. The van der Waals surface area contributed by atoms with E-state index in [2.05, 4.69) is 24.9 Å². The van der Waals surface area contributed by atoms with Crippen LogP contribution < -0.4 is 20.8 Å². The first-order valence-corrected chi connectivity index (χ1v) is 9.95. The van der Waals surface area contributed by atoms with Crippen LogP contribution in [0.1, 0.15) is 37.3 Å². The molecule has 3 aromatic rings. The first-order valence-electron chi connectivity index (χ1n) is 9.95. The van der Waals surface area contributed by atoms with E-state index in [-0.39, 0.29) is 17.0 Å². The molecule has 1 aliphatic heterocycles. The third-order valence-corrected chi connectivity index (χ3v) is 5.26. The number of benzene rings is 2. The fourth-order valence-electron chi connectivity index (χ4n) is 3.67. The number of ether oxygens (including phenoxy) is 2. The lowest BCUT2D eigenvalue weighted by molar-refractivity contribution is 0.289. The molecule has 0 bridgehead atoms. The summed E-state index contributed by atoms with van der Waals surface area (Å²) in [5.74, 6) is 1.11. The van der Waals surface area contributed by atoms with Crippen molar-refractivity contribution in [1.29, 1.82) is 5.26 Å². The molecule has 2 aromatic carbocycles. The Balaban J connectivity index is 1.79. The fraction of sp³-hybridized carbons (Fsp3) is 0.250. The van der Waals surface area contributed by atoms with Gasteiger partial charge in [-0.1, -0.05) is 38.1 Å². The minimum atomic E-state index is -0.614. The lowest BCUT2D eigenvalue weighted by Crippen LogP contribution is -2.27. The molecule has 3 N–H and O–H groups in total. The van der Waals surface area contributed by atoms with E-state index in [0.717, 1.165) is 23.1 Å². The first kappa shape index (κ1) is 19.6. The van der Waals surface area contributed by atoms with Crippen LogP contribution in [-0.2, 0) is 0 Å². The summed E-state index contributed by atoms with van der Waals surface area (Å²) in [6.07, 6.45) is 0.968. The second kappa shape index (κ2) is 7.96. The number of hydrogen-bond acceptors (Lipinski definition) is 5. The van der Waals surface area contributed by atoms with Crippen LogP contribution in [0.4, 0.5) is 0 Å². The van der Waals surface area contributed by atoms with Gasteiger partial charge in [-0.3, -0.25) is 4.79 Å². The predicted octanol–water partition coefficient (Wildman–Crippen LogP) is 4.17. The van der Waals surface area contributed by atoms with E-state index in [9.17, 15) is 10.1 Å². The van der Waals surface area contributed by atoms with Crippen molar-refractivity contribution in [3.8, 4) is 17.6 Å². The predicted molar refractivity (Wildman–Crippen MR) is 115 cm³/mol. The molecule has 0 saturated carbocycles. The molecule has 6 heteroatoms. The van der Waals surface area contributed by atoms with Crippen molar-refractivity contribution in [2.75, 3.05) is 6.61 Å². The van der Waals surface area contributed by atoms with E-state index in [0.29, 0.717) is 29.4 Å². The Morgan fingerprint density at radius 1 is 1.20 bits per heavy atom. The van der Waals surface area contributed by atoms with Gasteiger partial charge < -0.3 is 20.2 Å². The number of rotatable bonds is 5. The molecule has 152 valence electrons. The van der Waals surface area contributed by atoms with Crippen LogP contribution in [0.5, 0.6) is 11.5 Å². The molecule has 2 heterocycles. The number of aromatic nitrogens is 1. The molecule has 1 aromatic heterocycles. The second-order valence-corrected chi connectivity index (χ2v) is 7.77. The number of fused-ring (bicyclic) bond motifs is 3. The van der Waals surface area contributed by atoms with Gasteiger partial charge in [-0.2, -0.15) is 5.26 Å². The summed E-state index contributed by atoms with van der Waals surface area (Å²) in [6.45, 7) is 4.94. The normalized spacial score (nSPS) is 15.6. The van der Waals surface area contributed by atoms with Gasteiger partial charge in [0.1, 0.15) is 23.1 Å². The van der Waals surface area contributed by atoms with E-state index in [1.807, 2.05) is 42.5 Å². The molecule has 1 aliphatic rings. The van der Waals surface area contributed by atoms with Gasteiger partial charge in [-0.25, -0.2) is 0 Å². The number of para-hydroxylation sites is 1. The third kappa shape index (κ3) is 3.50. The summed E-state index contributed by atoms with van der Waals surface area (Å²) in [5.41, 5.74) is 7.83. The monoisotopic (exact) mass is 401 g/mol. The number of nitrogens with two attached hydrogens (primary N) is 1. The van der Waals surface area contributed by atoms with E-state index >= 15 is 0 Å². The SMILES string of the molecule is CC(C)CCOc1ccc([C@@H]2C(C#N)=C(N)Oc3c2c(=O)[nH]c2ccccc32)cc1. The van der Waals surface area contributed by atoms with Crippen molar-refractivity contribution in [3.63, 3.8) is 0 Å². The zero-order valence-corrected chi connectivity index (χ0v) is 16.9. The lowest BCUT2D eigenvalue weighted by atomic mass is 9.83. The van der Waals surface area contributed by atoms with Crippen molar-refractivity contribution in [1.82, 2.24) is 4.98 Å². The fourth-order valence-corrected chi connectivity index (χ4v) is 3.67. The zero-order valence-electron chi connectivity index (χ0n) is 16.9. The molecule has 0 fully saturated rings. The summed E-state index contributed by atoms with van der Waals surface area (Å²) in [4.78, 5) is 15.9. The molecule has 0 radical (unpaired) electrons. The van der Waals surface area contributed by atoms with E-state index < -0.39 is 5.92 Å². The summed E-state index contributed by atoms with van der Waals surface area (Å²) in [6, 6.07) is 16.9.